The van der Waals surface area contributed by atoms with Crippen molar-refractivity contribution in [3.05, 3.63) is 0 Å². The standard InChI is InChI=1S/C17H34N2/c1-4-15(3)12-19(5-2)14-17(10-6-7-11-17)13-18-16-8-9-16/h15-16,18H,4-14H2,1-3H3. The van der Waals surface area contributed by atoms with Crippen molar-refractivity contribution in [2.24, 2.45) is 11.3 Å². The molecule has 0 spiro atoms. The first kappa shape index (κ1) is 15.3. The third-order valence-corrected chi connectivity index (χ3v) is 5.28. The van der Waals surface area contributed by atoms with Gasteiger partial charge in [0.15, 0.2) is 0 Å². The maximum atomic E-state index is 3.81. The summed E-state index contributed by atoms with van der Waals surface area (Å²) in [5.41, 5.74) is 0.589. The first-order chi connectivity index (χ1) is 9.17. The molecule has 0 radical (unpaired) electrons. The van der Waals surface area contributed by atoms with Gasteiger partial charge < -0.3 is 10.2 Å². The second-order valence-electron chi connectivity index (χ2n) is 7.20. The number of hydrogen-bond acceptors (Lipinski definition) is 2. The van der Waals surface area contributed by atoms with E-state index in [0.717, 1.165) is 12.0 Å². The summed E-state index contributed by atoms with van der Waals surface area (Å²) >= 11 is 0. The van der Waals surface area contributed by atoms with Crippen LogP contribution in [0.5, 0.6) is 0 Å². The Hall–Kier alpha value is -0.0800. The zero-order valence-corrected chi connectivity index (χ0v) is 13.4. The Labute approximate surface area is 120 Å². The van der Waals surface area contributed by atoms with Gasteiger partial charge in [-0.3, -0.25) is 0 Å². The van der Waals surface area contributed by atoms with Gasteiger partial charge in [-0.05, 0) is 43.6 Å². The highest BCUT2D eigenvalue weighted by atomic mass is 15.1. The Morgan fingerprint density at radius 3 is 2.42 bits per heavy atom. The molecule has 1 atom stereocenters. The van der Waals surface area contributed by atoms with Gasteiger partial charge in [-0.1, -0.05) is 40.0 Å². The summed E-state index contributed by atoms with van der Waals surface area (Å²) in [7, 11) is 0. The first-order valence-corrected chi connectivity index (χ1v) is 8.63. The van der Waals surface area contributed by atoms with E-state index < -0.39 is 0 Å². The molecule has 2 heteroatoms. The fourth-order valence-electron chi connectivity index (χ4n) is 3.51. The van der Waals surface area contributed by atoms with Crippen molar-refractivity contribution in [3.8, 4) is 0 Å². The minimum Gasteiger partial charge on any atom is -0.313 e. The van der Waals surface area contributed by atoms with Crippen LogP contribution in [-0.4, -0.2) is 37.1 Å². The summed E-state index contributed by atoms with van der Waals surface area (Å²) in [6.45, 7) is 12.2. The fourth-order valence-corrected chi connectivity index (χ4v) is 3.51. The highest BCUT2D eigenvalue weighted by Crippen LogP contribution is 2.39. The molecule has 2 nitrogen and oxygen atoms in total. The van der Waals surface area contributed by atoms with Gasteiger partial charge in [-0.25, -0.2) is 0 Å². The van der Waals surface area contributed by atoms with Gasteiger partial charge in [0, 0.05) is 25.7 Å². The van der Waals surface area contributed by atoms with Crippen LogP contribution in [0.2, 0.25) is 0 Å². The van der Waals surface area contributed by atoms with Crippen LogP contribution in [0.1, 0.15) is 65.7 Å². The van der Waals surface area contributed by atoms with E-state index in [0.29, 0.717) is 5.41 Å². The van der Waals surface area contributed by atoms with Crippen LogP contribution < -0.4 is 5.32 Å². The molecule has 1 unspecified atom stereocenters. The molecule has 0 aliphatic heterocycles. The van der Waals surface area contributed by atoms with Gasteiger partial charge in [0.25, 0.3) is 0 Å². The van der Waals surface area contributed by atoms with E-state index in [1.54, 1.807) is 0 Å². The average Bonchev–Trinajstić information content (AvgIpc) is 3.15. The van der Waals surface area contributed by atoms with E-state index in [1.807, 2.05) is 0 Å². The molecule has 0 saturated heterocycles. The summed E-state index contributed by atoms with van der Waals surface area (Å²) in [5, 5.41) is 3.81. The van der Waals surface area contributed by atoms with Crippen molar-refractivity contribution in [2.45, 2.75) is 71.8 Å². The maximum Gasteiger partial charge on any atom is 0.00684 e. The zero-order valence-electron chi connectivity index (χ0n) is 13.4. The predicted molar refractivity (Wildman–Crippen MR) is 83.5 cm³/mol. The molecular formula is C17H34N2. The predicted octanol–water partition coefficient (Wildman–Crippen LogP) is 3.67. The second-order valence-corrected chi connectivity index (χ2v) is 7.20. The van der Waals surface area contributed by atoms with E-state index in [2.05, 4.69) is 31.0 Å². The van der Waals surface area contributed by atoms with Crippen LogP contribution in [0.15, 0.2) is 0 Å². The van der Waals surface area contributed by atoms with Crippen molar-refractivity contribution in [3.63, 3.8) is 0 Å². The summed E-state index contributed by atoms with van der Waals surface area (Å²) in [6, 6.07) is 0.863. The molecule has 2 rings (SSSR count). The van der Waals surface area contributed by atoms with Gasteiger partial charge in [-0.2, -0.15) is 0 Å². The summed E-state index contributed by atoms with van der Waals surface area (Å²) in [5.74, 6) is 0.842. The van der Waals surface area contributed by atoms with Gasteiger partial charge in [0.05, 0.1) is 0 Å². The van der Waals surface area contributed by atoms with Gasteiger partial charge >= 0.3 is 0 Å². The normalized spacial score (nSPS) is 24.0. The van der Waals surface area contributed by atoms with E-state index >= 15 is 0 Å². The van der Waals surface area contributed by atoms with Crippen LogP contribution in [0.25, 0.3) is 0 Å². The Morgan fingerprint density at radius 2 is 1.89 bits per heavy atom. The third-order valence-electron chi connectivity index (χ3n) is 5.28. The van der Waals surface area contributed by atoms with Crippen LogP contribution >= 0.6 is 0 Å². The van der Waals surface area contributed by atoms with Crippen LogP contribution in [0, 0.1) is 11.3 Å². The Kier molecular flexibility index (Phi) is 5.70. The lowest BCUT2D eigenvalue weighted by Gasteiger charge is -2.36. The molecule has 0 aromatic rings. The quantitative estimate of drug-likeness (QED) is 0.685. The topological polar surface area (TPSA) is 15.3 Å². The molecule has 2 fully saturated rings. The van der Waals surface area contributed by atoms with Crippen molar-refractivity contribution in [2.75, 3.05) is 26.2 Å². The fraction of sp³-hybridized carbons (Fsp3) is 1.00. The number of nitrogens with one attached hydrogen (secondary N) is 1. The Balaban J connectivity index is 1.85. The highest BCUT2D eigenvalue weighted by molar-refractivity contribution is 4.92. The van der Waals surface area contributed by atoms with Crippen molar-refractivity contribution in [1.29, 1.82) is 0 Å². The van der Waals surface area contributed by atoms with Crippen molar-refractivity contribution in [1.82, 2.24) is 10.2 Å². The van der Waals surface area contributed by atoms with Gasteiger partial charge in [0.2, 0.25) is 0 Å². The molecule has 2 saturated carbocycles. The molecule has 2 aliphatic rings. The van der Waals surface area contributed by atoms with Crippen molar-refractivity contribution >= 4 is 0 Å². The summed E-state index contributed by atoms with van der Waals surface area (Å²) in [6.07, 6.45) is 9.94. The minimum absolute atomic E-state index is 0.589. The number of nitrogens with zero attached hydrogens (tertiary/aromatic N) is 1. The molecule has 0 aromatic heterocycles. The molecule has 0 heterocycles. The molecule has 1 N–H and O–H groups in total. The monoisotopic (exact) mass is 266 g/mol. The SMILES string of the molecule is CCC(C)CN(CC)CC1(CNC2CC2)CCCC1. The van der Waals surface area contributed by atoms with E-state index in [-0.39, 0.29) is 0 Å². The van der Waals surface area contributed by atoms with Crippen LogP contribution in [-0.2, 0) is 0 Å². The van der Waals surface area contributed by atoms with Crippen LogP contribution in [0.4, 0.5) is 0 Å². The first-order valence-electron chi connectivity index (χ1n) is 8.63. The number of rotatable bonds is 9. The van der Waals surface area contributed by atoms with Crippen LogP contribution in [0.3, 0.4) is 0 Å². The van der Waals surface area contributed by atoms with Gasteiger partial charge in [0.1, 0.15) is 0 Å². The zero-order chi connectivity index (χ0) is 13.7. The highest BCUT2D eigenvalue weighted by Gasteiger charge is 2.36. The lowest BCUT2D eigenvalue weighted by molar-refractivity contribution is 0.138. The molecular weight excluding hydrogens is 232 g/mol. The van der Waals surface area contributed by atoms with E-state index in [4.69, 9.17) is 0 Å². The minimum atomic E-state index is 0.589. The number of hydrogen-bond donors (Lipinski definition) is 1. The molecule has 0 bridgehead atoms. The smallest absolute Gasteiger partial charge is 0.00684 e. The molecule has 0 aromatic carbocycles. The van der Waals surface area contributed by atoms with Crippen molar-refractivity contribution < 1.29 is 0 Å². The van der Waals surface area contributed by atoms with E-state index in [1.165, 1.54) is 71.1 Å². The lowest BCUT2D eigenvalue weighted by atomic mass is 9.85. The Morgan fingerprint density at radius 1 is 1.21 bits per heavy atom. The molecule has 19 heavy (non-hydrogen) atoms. The third kappa shape index (κ3) is 4.75. The van der Waals surface area contributed by atoms with Gasteiger partial charge in [-0.15, -0.1) is 0 Å². The molecule has 112 valence electrons. The Bertz CT molecular complexity index is 254. The molecule has 2 aliphatic carbocycles. The molecule has 0 amide bonds. The van der Waals surface area contributed by atoms with E-state index in [9.17, 15) is 0 Å². The lowest BCUT2D eigenvalue weighted by Crippen LogP contribution is -2.44. The largest absolute Gasteiger partial charge is 0.313 e. The second kappa shape index (κ2) is 7.08. The maximum absolute atomic E-state index is 3.81. The average molecular weight is 266 g/mol. The summed E-state index contributed by atoms with van der Waals surface area (Å²) in [4.78, 5) is 2.72. The summed E-state index contributed by atoms with van der Waals surface area (Å²) < 4.78 is 0.